The normalized spacial score (nSPS) is 12.2. The Morgan fingerprint density at radius 2 is 1.80 bits per heavy atom. The first-order chi connectivity index (χ1) is 20.0. The number of pyridine rings is 3. The molecule has 0 saturated carbocycles. The molecule has 7 aromatic rings. The molecule has 1 atom stereocenters. The minimum absolute atomic E-state index is 0.228. The first kappa shape index (κ1) is 24.7. The van der Waals surface area contributed by atoms with Gasteiger partial charge in [0.05, 0.1) is 22.1 Å². The van der Waals surface area contributed by atoms with E-state index in [1.165, 1.54) is 18.6 Å². The van der Waals surface area contributed by atoms with Crippen molar-refractivity contribution in [2.75, 3.05) is 5.32 Å². The summed E-state index contributed by atoms with van der Waals surface area (Å²) in [7, 11) is 0. The molecular weight excluding hydrogens is 540 g/mol. The Balaban J connectivity index is 1.48. The number of hydrogen-bond donors (Lipinski definition) is 2. The lowest BCUT2D eigenvalue weighted by Crippen LogP contribution is -2.27. The average molecular weight is 561 g/mol. The maximum atomic E-state index is 14.5. The van der Waals surface area contributed by atoms with E-state index >= 15 is 0 Å². The third-order valence-corrected chi connectivity index (χ3v) is 7.51. The van der Waals surface area contributed by atoms with Gasteiger partial charge in [-0.15, -0.1) is 10.2 Å². The lowest BCUT2D eigenvalue weighted by Gasteiger charge is -2.24. The quantitative estimate of drug-likeness (QED) is 0.298. The minimum Gasteiger partial charge on any atom is -0.361 e. The molecule has 0 aliphatic rings. The van der Waals surface area contributed by atoms with Gasteiger partial charge >= 0.3 is 0 Å². The van der Waals surface area contributed by atoms with Crippen LogP contribution in [0.25, 0.3) is 44.3 Å². The smallest absolute Gasteiger partial charge is 0.263 e. The zero-order chi connectivity index (χ0) is 28.1. The predicted molar refractivity (Wildman–Crippen MR) is 159 cm³/mol. The summed E-state index contributed by atoms with van der Waals surface area (Å²) in [6.45, 7) is 1.88. The molecule has 0 spiro atoms. The highest BCUT2D eigenvalue weighted by molar-refractivity contribution is 6.36. The third-order valence-electron chi connectivity index (χ3n) is 7.11. The van der Waals surface area contributed by atoms with Crippen LogP contribution in [0.3, 0.4) is 0 Å². The molecular formula is C30H21ClN8O2. The summed E-state index contributed by atoms with van der Waals surface area (Å²) in [4.78, 5) is 38.7. The van der Waals surface area contributed by atoms with Crippen LogP contribution in [0.4, 0.5) is 5.82 Å². The zero-order valence-electron chi connectivity index (χ0n) is 21.6. The molecule has 0 amide bonds. The number of halogens is 1. The van der Waals surface area contributed by atoms with Gasteiger partial charge in [0.15, 0.2) is 11.1 Å². The van der Waals surface area contributed by atoms with E-state index in [4.69, 9.17) is 11.6 Å². The zero-order valence-corrected chi connectivity index (χ0v) is 22.4. The van der Waals surface area contributed by atoms with Crippen molar-refractivity contribution in [2.45, 2.75) is 13.0 Å². The van der Waals surface area contributed by atoms with Gasteiger partial charge in [-0.25, -0.2) is 9.97 Å². The summed E-state index contributed by atoms with van der Waals surface area (Å²) in [6, 6.07) is 19.6. The van der Waals surface area contributed by atoms with Crippen LogP contribution >= 0.6 is 11.6 Å². The summed E-state index contributed by atoms with van der Waals surface area (Å²) < 4.78 is 3.43. The predicted octanol–water partition coefficient (Wildman–Crippen LogP) is 5.16. The van der Waals surface area contributed by atoms with Crippen LogP contribution in [0.1, 0.15) is 18.7 Å². The lowest BCUT2D eigenvalue weighted by atomic mass is 9.98. The summed E-state index contributed by atoms with van der Waals surface area (Å²) in [5.74, 6) is 0.337. The van der Waals surface area contributed by atoms with Gasteiger partial charge in [0.25, 0.3) is 5.56 Å². The minimum atomic E-state index is -0.533. The molecule has 0 bridgehead atoms. The van der Waals surface area contributed by atoms with Gasteiger partial charge < -0.3 is 10.3 Å². The average Bonchev–Trinajstić information content (AvgIpc) is 3.47. The monoisotopic (exact) mass is 560 g/mol. The molecule has 0 radical (unpaired) electrons. The van der Waals surface area contributed by atoms with E-state index in [0.29, 0.717) is 49.7 Å². The van der Waals surface area contributed by atoms with Crippen LogP contribution in [0.15, 0.2) is 101 Å². The molecule has 7 rings (SSSR count). The fourth-order valence-electron chi connectivity index (χ4n) is 5.26. The molecule has 5 heterocycles. The van der Waals surface area contributed by atoms with Crippen molar-refractivity contribution >= 4 is 44.9 Å². The second-order valence-electron chi connectivity index (χ2n) is 9.57. The Hall–Kier alpha value is -5.35. The standard InChI is InChI=1S/C30H21ClN8O2/c1-17(36-29-25-22(40)12-13-32-28(25)33-15-34-29)27-26(31)21-9-5-8-20(18-10-11-23-37-35-16-38(23)14-18)24(21)30(41)39(27)19-6-3-2-4-7-19/h2-17H,1H3,(H2,32,33,34,36,40)/t17-/m0/s1. The Bertz CT molecular complexity index is 2220. The molecule has 200 valence electrons. The summed E-state index contributed by atoms with van der Waals surface area (Å²) >= 11 is 7.19. The molecule has 10 nitrogen and oxygen atoms in total. The van der Waals surface area contributed by atoms with Crippen molar-refractivity contribution in [3.05, 3.63) is 123 Å². The first-order valence-corrected chi connectivity index (χ1v) is 13.2. The molecule has 5 aromatic heterocycles. The Morgan fingerprint density at radius 3 is 2.66 bits per heavy atom. The van der Waals surface area contributed by atoms with Gasteiger partial charge in [0.1, 0.15) is 29.5 Å². The SMILES string of the molecule is C[C@H](Nc1ncnc2[nH]ccc(=O)c12)c1c(Cl)c2cccc(-c3ccc4nncn4c3)c2c(=O)n1-c1ccccc1. The number of fused-ring (bicyclic) bond motifs is 3. The second-order valence-corrected chi connectivity index (χ2v) is 9.95. The third kappa shape index (κ3) is 4.04. The van der Waals surface area contributed by atoms with Crippen molar-refractivity contribution < 1.29 is 0 Å². The van der Waals surface area contributed by atoms with Crippen molar-refractivity contribution in [3.63, 3.8) is 0 Å². The van der Waals surface area contributed by atoms with E-state index in [2.05, 4.69) is 30.5 Å². The summed E-state index contributed by atoms with van der Waals surface area (Å²) in [5.41, 5.74) is 3.38. The van der Waals surface area contributed by atoms with E-state index in [1.54, 1.807) is 15.3 Å². The molecule has 2 aromatic carbocycles. The highest BCUT2D eigenvalue weighted by Gasteiger charge is 2.24. The largest absolute Gasteiger partial charge is 0.361 e. The van der Waals surface area contributed by atoms with Crippen molar-refractivity contribution in [3.8, 4) is 16.8 Å². The van der Waals surface area contributed by atoms with Gasteiger partial charge in [-0.1, -0.05) is 48.0 Å². The molecule has 2 N–H and O–H groups in total. The molecule has 0 saturated heterocycles. The second kappa shape index (κ2) is 9.68. The lowest BCUT2D eigenvalue weighted by molar-refractivity contribution is 0.774. The Kier molecular flexibility index (Phi) is 5.83. The topological polar surface area (TPSA) is 123 Å². The van der Waals surface area contributed by atoms with Crippen LogP contribution in [0.5, 0.6) is 0 Å². The maximum Gasteiger partial charge on any atom is 0.263 e. The molecule has 41 heavy (non-hydrogen) atoms. The van der Waals surface area contributed by atoms with E-state index < -0.39 is 6.04 Å². The molecule has 0 aliphatic heterocycles. The van der Waals surface area contributed by atoms with Gasteiger partial charge in [-0.2, -0.15) is 0 Å². The Labute approximate surface area is 236 Å². The number of para-hydroxylation sites is 1. The first-order valence-electron chi connectivity index (χ1n) is 12.8. The van der Waals surface area contributed by atoms with Crippen LogP contribution in [-0.4, -0.2) is 34.1 Å². The van der Waals surface area contributed by atoms with Crippen LogP contribution in [0.2, 0.25) is 5.02 Å². The molecule has 0 fully saturated rings. The van der Waals surface area contributed by atoms with E-state index in [9.17, 15) is 9.59 Å². The Morgan fingerprint density at radius 1 is 0.951 bits per heavy atom. The number of benzene rings is 2. The van der Waals surface area contributed by atoms with Crippen LogP contribution in [-0.2, 0) is 0 Å². The van der Waals surface area contributed by atoms with Crippen molar-refractivity contribution in [1.82, 2.24) is 34.1 Å². The number of nitrogens with one attached hydrogen (secondary N) is 2. The van der Waals surface area contributed by atoms with Crippen molar-refractivity contribution in [2.24, 2.45) is 0 Å². The van der Waals surface area contributed by atoms with E-state index in [0.717, 1.165) is 11.1 Å². The molecule has 0 aliphatic carbocycles. The highest BCUT2D eigenvalue weighted by atomic mass is 35.5. The number of rotatable bonds is 5. The number of hydrogen-bond acceptors (Lipinski definition) is 7. The fraction of sp³-hybridized carbons (Fsp3) is 0.0667. The molecule has 0 unspecified atom stereocenters. The van der Waals surface area contributed by atoms with Crippen molar-refractivity contribution in [1.29, 1.82) is 0 Å². The highest BCUT2D eigenvalue weighted by Crippen LogP contribution is 2.36. The summed E-state index contributed by atoms with van der Waals surface area (Å²) in [6.07, 6.45) is 6.42. The van der Waals surface area contributed by atoms with E-state index in [-0.39, 0.29) is 11.0 Å². The number of nitrogens with zero attached hydrogens (tertiary/aromatic N) is 6. The summed E-state index contributed by atoms with van der Waals surface area (Å²) in [5, 5.41) is 13.2. The maximum absolute atomic E-state index is 14.5. The van der Waals surface area contributed by atoms with E-state index in [1.807, 2.05) is 73.8 Å². The van der Waals surface area contributed by atoms with Gasteiger partial charge in [0, 0.05) is 29.5 Å². The van der Waals surface area contributed by atoms with Gasteiger partial charge in [0.2, 0.25) is 0 Å². The number of aromatic amines is 1. The molecule has 11 heteroatoms. The van der Waals surface area contributed by atoms with Crippen LogP contribution < -0.4 is 16.3 Å². The number of anilines is 1. The van der Waals surface area contributed by atoms with Crippen LogP contribution in [0, 0.1) is 0 Å². The number of H-pyrrole nitrogens is 1. The van der Waals surface area contributed by atoms with Gasteiger partial charge in [-0.3, -0.25) is 18.6 Å². The number of aromatic nitrogens is 7. The van der Waals surface area contributed by atoms with Gasteiger partial charge in [-0.05, 0) is 42.3 Å². The fourth-order valence-corrected chi connectivity index (χ4v) is 5.66.